The molecule has 0 unspecified atom stereocenters. The van der Waals surface area contributed by atoms with Gasteiger partial charge in [0.25, 0.3) is 11.8 Å². The first-order valence-electron chi connectivity index (χ1n) is 12.0. The van der Waals surface area contributed by atoms with E-state index < -0.39 is 40.2 Å². The summed E-state index contributed by atoms with van der Waals surface area (Å²) in [6.45, 7) is 4.56. The summed E-state index contributed by atoms with van der Waals surface area (Å²) in [5, 5.41) is 14.8. The summed E-state index contributed by atoms with van der Waals surface area (Å²) in [4.78, 5) is 40.6. The first-order chi connectivity index (χ1) is 18.2. The quantitative estimate of drug-likeness (QED) is 0.387. The molecule has 2 N–H and O–H groups in total. The van der Waals surface area contributed by atoms with Crippen molar-refractivity contribution in [2.45, 2.75) is 39.5 Å². The predicted molar refractivity (Wildman–Crippen MR) is 132 cm³/mol. The summed E-state index contributed by atoms with van der Waals surface area (Å²) in [6.07, 6.45) is 4.75. The molecule has 0 saturated carbocycles. The molecule has 2 amide bonds. The van der Waals surface area contributed by atoms with E-state index in [0.717, 1.165) is 11.6 Å². The molecule has 3 heterocycles. The third-order valence-corrected chi connectivity index (χ3v) is 5.96. The zero-order chi connectivity index (χ0) is 27.4. The van der Waals surface area contributed by atoms with Gasteiger partial charge in [0, 0.05) is 43.1 Å². The van der Waals surface area contributed by atoms with Crippen LogP contribution < -0.4 is 15.8 Å². The third-order valence-electron chi connectivity index (χ3n) is 5.96. The van der Waals surface area contributed by atoms with E-state index in [1.54, 1.807) is 11.1 Å². The van der Waals surface area contributed by atoms with Gasteiger partial charge in [-0.1, -0.05) is 6.07 Å². The molecule has 1 aliphatic heterocycles. The van der Waals surface area contributed by atoms with Gasteiger partial charge in [0.15, 0.2) is 11.4 Å². The number of pyridine rings is 1. The fraction of sp³-hybridized carbons (Fsp3) is 0.346. The molecule has 0 saturated heterocycles. The van der Waals surface area contributed by atoms with Crippen molar-refractivity contribution in [2.24, 2.45) is 0 Å². The van der Waals surface area contributed by atoms with Crippen molar-refractivity contribution in [1.29, 1.82) is 0 Å². The van der Waals surface area contributed by atoms with Crippen molar-refractivity contribution in [1.82, 2.24) is 14.9 Å². The zero-order valence-electron chi connectivity index (χ0n) is 20.9. The van der Waals surface area contributed by atoms with Gasteiger partial charge in [-0.15, -0.1) is 0 Å². The number of nitrogens with one attached hydrogen (secondary N) is 1. The molecule has 0 radical (unpaired) electrons. The Balaban J connectivity index is 1.62. The minimum atomic E-state index is -1.05. The lowest BCUT2D eigenvalue weighted by atomic mass is 10.1. The van der Waals surface area contributed by atoms with Crippen molar-refractivity contribution in [3.63, 3.8) is 0 Å². The zero-order valence-corrected chi connectivity index (χ0v) is 20.9. The van der Waals surface area contributed by atoms with Gasteiger partial charge < -0.3 is 24.5 Å². The average Bonchev–Trinajstić information content (AvgIpc) is 3.38. The number of halogens is 2. The van der Waals surface area contributed by atoms with E-state index in [9.17, 15) is 28.3 Å². The van der Waals surface area contributed by atoms with Crippen molar-refractivity contribution < 1.29 is 32.6 Å². The normalized spacial score (nSPS) is 13.2. The Kier molecular flexibility index (Phi) is 8.10. The molecule has 38 heavy (non-hydrogen) atoms. The van der Waals surface area contributed by atoms with E-state index >= 15 is 0 Å². The largest absolute Gasteiger partial charge is 0.502 e. The lowest BCUT2D eigenvalue weighted by molar-refractivity contribution is 0.0566. The van der Waals surface area contributed by atoms with Crippen LogP contribution in [0.2, 0.25) is 0 Å². The fourth-order valence-electron chi connectivity index (χ4n) is 4.05. The molecule has 0 bridgehead atoms. The SMILES string of the molecule is CC(C)OCCCN1CN(Cc2ccoc2)n2cc(C(=O)NCc3ccc(F)cc3F)c(=O)c(O)c2C1=O. The molecule has 1 aliphatic rings. The Morgan fingerprint density at radius 3 is 2.71 bits per heavy atom. The molecule has 0 spiro atoms. The number of rotatable bonds is 10. The summed E-state index contributed by atoms with van der Waals surface area (Å²) < 4.78 is 39.1. The maximum Gasteiger partial charge on any atom is 0.277 e. The molecule has 202 valence electrons. The minimum Gasteiger partial charge on any atom is -0.502 e. The number of carbonyl (C=O) groups is 2. The number of hydrogen-bond donors (Lipinski definition) is 2. The molecule has 1 aromatic carbocycles. The minimum absolute atomic E-state index is 0.0101. The predicted octanol–water partition coefficient (Wildman–Crippen LogP) is 2.72. The van der Waals surface area contributed by atoms with Crippen LogP contribution in [0.25, 0.3) is 0 Å². The second kappa shape index (κ2) is 11.5. The number of fused-ring (bicyclic) bond motifs is 1. The number of hydrogen-bond acceptors (Lipinski definition) is 7. The Labute approximate surface area is 217 Å². The molecule has 0 aliphatic carbocycles. The van der Waals surface area contributed by atoms with E-state index in [0.29, 0.717) is 25.6 Å². The Morgan fingerprint density at radius 2 is 2.03 bits per heavy atom. The first kappa shape index (κ1) is 26.9. The van der Waals surface area contributed by atoms with Crippen LogP contribution in [-0.2, 0) is 17.8 Å². The third kappa shape index (κ3) is 5.86. The molecule has 0 atom stereocenters. The van der Waals surface area contributed by atoms with Gasteiger partial charge in [-0.3, -0.25) is 24.1 Å². The van der Waals surface area contributed by atoms with Crippen LogP contribution in [0.15, 0.2) is 52.2 Å². The van der Waals surface area contributed by atoms with Crippen molar-refractivity contribution in [3.8, 4) is 5.75 Å². The van der Waals surface area contributed by atoms with Crippen LogP contribution in [0.1, 0.15) is 52.2 Å². The molecular formula is C26H28F2N4O6. The summed E-state index contributed by atoms with van der Waals surface area (Å²) in [7, 11) is 0. The van der Waals surface area contributed by atoms with E-state index in [2.05, 4.69) is 5.32 Å². The molecular weight excluding hydrogens is 502 g/mol. The standard InChI is InChI=1S/C26H28F2N4O6/c1-16(2)38-8-3-7-30-15-31(12-17-6-9-37-14-17)32-13-20(23(33)24(34)22(32)26(30)36)25(35)29-11-18-4-5-19(27)10-21(18)28/h4-6,9-10,13-14,16,34H,3,7-8,11-12,15H2,1-2H3,(H,29,35). The van der Waals surface area contributed by atoms with E-state index in [1.165, 1.54) is 34.4 Å². The Morgan fingerprint density at radius 1 is 1.24 bits per heavy atom. The number of amides is 2. The maximum atomic E-state index is 14.0. The second-order valence-corrected chi connectivity index (χ2v) is 9.11. The highest BCUT2D eigenvalue weighted by Gasteiger charge is 2.34. The summed E-state index contributed by atoms with van der Waals surface area (Å²) in [6, 6.07) is 4.63. The topological polar surface area (TPSA) is 117 Å². The van der Waals surface area contributed by atoms with Crippen molar-refractivity contribution in [3.05, 3.63) is 87.2 Å². The van der Waals surface area contributed by atoms with Crippen molar-refractivity contribution >= 4 is 11.8 Å². The highest BCUT2D eigenvalue weighted by atomic mass is 19.1. The Hall–Kier alpha value is -4.19. The average molecular weight is 531 g/mol. The number of nitrogens with zero attached hydrogens (tertiary/aromatic N) is 3. The van der Waals surface area contributed by atoms with Gasteiger partial charge in [-0.2, -0.15) is 0 Å². The molecule has 12 heteroatoms. The van der Waals surface area contributed by atoms with Gasteiger partial charge in [0.05, 0.1) is 25.2 Å². The molecule has 4 rings (SSSR count). The second-order valence-electron chi connectivity index (χ2n) is 9.11. The monoisotopic (exact) mass is 530 g/mol. The maximum absolute atomic E-state index is 14.0. The number of furan rings is 1. The van der Waals surface area contributed by atoms with Crippen LogP contribution in [0.3, 0.4) is 0 Å². The van der Waals surface area contributed by atoms with Gasteiger partial charge in [-0.05, 0) is 32.4 Å². The summed E-state index contributed by atoms with van der Waals surface area (Å²) in [5.74, 6) is -3.97. The highest BCUT2D eigenvalue weighted by Crippen LogP contribution is 2.23. The van der Waals surface area contributed by atoms with Gasteiger partial charge in [0.2, 0.25) is 5.43 Å². The molecule has 10 nitrogen and oxygen atoms in total. The Bertz CT molecular complexity index is 1370. The number of aromatic nitrogens is 1. The van der Waals surface area contributed by atoms with Crippen LogP contribution in [0.5, 0.6) is 5.75 Å². The van der Waals surface area contributed by atoms with E-state index in [1.807, 2.05) is 13.8 Å². The van der Waals surface area contributed by atoms with Crippen molar-refractivity contribution in [2.75, 3.05) is 24.8 Å². The van der Waals surface area contributed by atoms with E-state index in [4.69, 9.17) is 9.15 Å². The fourth-order valence-corrected chi connectivity index (χ4v) is 4.05. The van der Waals surface area contributed by atoms with Crippen LogP contribution in [-0.4, -0.2) is 52.4 Å². The smallest absolute Gasteiger partial charge is 0.277 e. The summed E-state index contributed by atoms with van der Waals surface area (Å²) >= 11 is 0. The van der Waals surface area contributed by atoms with Crippen LogP contribution in [0.4, 0.5) is 8.78 Å². The van der Waals surface area contributed by atoms with E-state index in [-0.39, 0.29) is 37.1 Å². The van der Waals surface area contributed by atoms with Crippen LogP contribution in [0, 0.1) is 11.6 Å². The highest BCUT2D eigenvalue weighted by molar-refractivity contribution is 5.99. The first-order valence-corrected chi connectivity index (χ1v) is 12.0. The number of carbonyl (C=O) groups excluding carboxylic acids is 2. The van der Waals surface area contributed by atoms with Gasteiger partial charge >= 0.3 is 0 Å². The number of benzene rings is 1. The number of ether oxygens (including phenoxy) is 1. The number of aromatic hydroxyl groups is 1. The summed E-state index contributed by atoms with van der Waals surface area (Å²) in [5.41, 5.74) is -1.01. The molecule has 0 fully saturated rings. The molecule has 3 aromatic rings. The van der Waals surface area contributed by atoms with Crippen LogP contribution >= 0.6 is 0 Å². The lowest BCUT2D eigenvalue weighted by Gasteiger charge is -2.39. The lowest BCUT2D eigenvalue weighted by Crippen LogP contribution is -2.54. The van der Waals surface area contributed by atoms with Gasteiger partial charge in [0.1, 0.15) is 23.9 Å². The molecule has 2 aromatic heterocycles. The van der Waals surface area contributed by atoms with Gasteiger partial charge in [-0.25, -0.2) is 8.78 Å².